The first-order valence-corrected chi connectivity index (χ1v) is 14.9. The molecule has 0 fully saturated rings. The molecule has 1 atom stereocenters. The number of aromatic nitrogens is 1. The van der Waals surface area contributed by atoms with Crippen molar-refractivity contribution in [2.24, 2.45) is 5.92 Å². The third kappa shape index (κ3) is 18.7. The number of carbonyl (C=O) groups excluding carboxylic acids is 3. The van der Waals surface area contributed by atoms with E-state index in [-0.39, 0.29) is 56.2 Å². The van der Waals surface area contributed by atoms with E-state index in [2.05, 4.69) is 15.6 Å². The highest BCUT2D eigenvalue weighted by atomic mass is 33.1. The molecule has 12 heteroatoms. The van der Waals surface area contributed by atoms with Crippen LogP contribution in [-0.2, 0) is 28.7 Å². The van der Waals surface area contributed by atoms with Crippen molar-refractivity contribution in [3.05, 3.63) is 24.4 Å². The van der Waals surface area contributed by atoms with Crippen molar-refractivity contribution >= 4 is 45.2 Å². The van der Waals surface area contributed by atoms with E-state index < -0.39 is 5.97 Å². The average Bonchev–Trinajstić information content (AvgIpc) is 2.89. The van der Waals surface area contributed by atoms with Crippen LogP contribution in [0.15, 0.2) is 29.4 Å². The summed E-state index contributed by atoms with van der Waals surface area (Å²) in [5.74, 6) is -0.585. The Kier molecular flexibility index (Phi) is 19.5. The number of carbonyl (C=O) groups is 4. The molecule has 3 N–H and O–H groups in total. The Balaban J connectivity index is 1.97. The van der Waals surface area contributed by atoms with Gasteiger partial charge in [0, 0.05) is 43.8 Å². The number of hydrogen-bond acceptors (Lipinski definition) is 9. The fourth-order valence-corrected chi connectivity index (χ4v) is 4.97. The molecular weight excluding hydrogens is 518 g/mol. The zero-order valence-electron chi connectivity index (χ0n) is 21.4. The Bertz CT molecular complexity index is 800. The van der Waals surface area contributed by atoms with Gasteiger partial charge in [0.25, 0.3) is 0 Å². The van der Waals surface area contributed by atoms with Crippen molar-refractivity contribution < 1.29 is 33.8 Å². The van der Waals surface area contributed by atoms with Gasteiger partial charge in [-0.25, -0.2) is 4.98 Å². The molecule has 2 amide bonds. The van der Waals surface area contributed by atoms with Crippen LogP contribution in [0.25, 0.3) is 0 Å². The van der Waals surface area contributed by atoms with Gasteiger partial charge in [-0.15, -0.1) is 0 Å². The van der Waals surface area contributed by atoms with E-state index in [0.717, 1.165) is 36.5 Å². The minimum atomic E-state index is -1.01. The summed E-state index contributed by atoms with van der Waals surface area (Å²) in [4.78, 5) is 50.3. The van der Waals surface area contributed by atoms with E-state index in [9.17, 15) is 19.2 Å². The number of ketones is 1. The normalized spacial score (nSPS) is 11.6. The predicted molar refractivity (Wildman–Crippen MR) is 144 cm³/mol. The van der Waals surface area contributed by atoms with Crippen molar-refractivity contribution in [3.8, 4) is 0 Å². The molecule has 10 nitrogen and oxygen atoms in total. The highest BCUT2D eigenvalue weighted by Gasteiger charge is 2.15. The molecule has 0 aromatic carbocycles. The van der Waals surface area contributed by atoms with Crippen LogP contribution < -0.4 is 10.6 Å². The van der Waals surface area contributed by atoms with E-state index in [0.29, 0.717) is 26.1 Å². The summed E-state index contributed by atoms with van der Waals surface area (Å²) in [5.41, 5.74) is 0. The van der Waals surface area contributed by atoms with E-state index in [1.165, 1.54) is 0 Å². The lowest BCUT2D eigenvalue weighted by Gasteiger charge is -2.15. The fraction of sp³-hybridized carbons (Fsp3) is 0.640. The largest absolute Gasteiger partial charge is 0.481 e. The summed E-state index contributed by atoms with van der Waals surface area (Å²) in [5, 5.41) is 15.3. The maximum absolute atomic E-state index is 12.4. The van der Waals surface area contributed by atoms with Crippen molar-refractivity contribution in [1.29, 1.82) is 0 Å². The second kappa shape index (κ2) is 21.9. The number of nitrogens with one attached hydrogen (secondary N) is 2. The summed E-state index contributed by atoms with van der Waals surface area (Å²) in [6, 6.07) is 5.75. The quantitative estimate of drug-likeness (QED) is 0.136. The van der Waals surface area contributed by atoms with Crippen LogP contribution in [0.5, 0.6) is 0 Å². The van der Waals surface area contributed by atoms with Gasteiger partial charge in [0.15, 0.2) is 5.78 Å². The van der Waals surface area contributed by atoms with Crippen molar-refractivity contribution in [3.63, 3.8) is 0 Å². The van der Waals surface area contributed by atoms with Gasteiger partial charge in [0.1, 0.15) is 11.6 Å². The summed E-state index contributed by atoms with van der Waals surface area (Å²) in [6.07, 6.45) is 5.17. The Morgan fingerprint density at radius 3 is 2.54 bits per heavy atom. The summed E-state index contributed by atoms with van der Waals surface area (Å²) in [6.45, 7) is 3.70. The number of carboxylic acids is 1. The summed E-state index contributed by atoms with van der Waals surface area (Å²) in [7, 11) is 3.17. The minimum absolute atomic E-state index is 0.00200. The molecule has 1 aromatic heterocycles. The van der Waals surface area contributed by atoms with Gasteiger partial charge in [0.2, 0.25) is 11.8 Å². The third-order valence-corrected chi connectivity index (χ3v) is 7.42. The highest BCUT2D eigenvalue weighted by molar-refractivity contribution is 8.76. The van der Waals surface area contributed by atoms with E-state index in [1.807, 2.05) is 25.1 Å². The molecule has 37 heavy (non-hydrogen) atoms. The monoisotopic (exact) mass is 557 g/mol. The average molecular weight is 558 g/mol. The number of rotatable bonds is 23. The number of ether oxygens (including phenoxy) is 2. The van der Waals surface area contributed by atoms with Crippen LogP contribution in [0.1, 0.15) is 51.9 Å². The molecule has 0 unspecified atom stereocenters. The van der Waals surface area contributed by atoms with Crippen LogP contribution >= 0.6 is 21.6 Å². The predicted octanol–water partition coefficient (Wildman–Crippen LogP) is 3.11. The first-order chi connectivity index (χ1) is 17.9. The number of nitrogens with zero attached hydrogens (tertiary/aromatic N) is 1. The lowest BCUT2D eigenvalue weighted by Crippen LogP contribution is -2.33. The molecule has 0 bridgehead atoms. The summed E-state index contributed by atoms with van der Waals surface area (Å²) >= 11 is 0. The number of amides is 2. The van der Waals surface area contributed by atoms with Gasteiger partial charge >= 0.3 is 5.97 Å². The smallest absolute Gasteiger partial charge is 0.303 e. The summed E-state index contributed by atoms with van der Waals surface area (Å²) < 4.78 is 10.5. The molecule has 0 aliphatic carbocycles. The second-order valence-electron chi connectivity index (χ2n) is 8.16. The van der Waals surface area contributed by atoms with Crippen LogP contribution in [0.3, 0.4) is 0 Å². The fourth-order valence-electron chi connectivity index (χ4n) is 3.10. The molecule has 0 saturated carbocycles. The topological polar surface area (TPSA) is 144 Å². The highest BCUT2D eigenvalue weighted by Crippen LogP contribution is 2.29. The third-order valence-electron chi connectivity index (χ3n) is 5.16. The number of unbranched alkanes of at least 4 members (excludes halogenated alkanes) is 1. The molecule has 1 aromatic rings. The van der Waals surface area contributed by atoms with E-state index in [1.54, 1.807) is 27.8 Å². The molecule has 208 valence electrons. The Labute approximate surface area is 226 Å². The van der Waals surface area contributed by atoms with Gasteiger partial charge in [-0.2, -0.15) is 0 Å². The number of carboxylic acid groups (broad SMARTS) is 1. The second-order valence-corrected chi connectivity index (χ2v) is 10.6. The Morgan fingerprint density at radius 2 is 1.81 bits per heavy atom. The van der Waals surface area contributed by atoms with Crippen LogP contribution in [0.2, 0.25) is 0 Å². The Hall–Kier alpha value is -2.15. The molecule has 0 aliphatic heterocycles. The number of hydrogen-bond donors (Lipinski definition) is 3. The minimum Gasteiger partial charge on any atom is -0.481 e. The lowest BCUT2D eigenvalue weighted by molar-refractivity contribution is -0.139. The lowest BCUT2D eigenvalue weighted by atomic mass is 9.98. The zero-order valence-corrected chi connectivity index (χ0v) is 23.1. The number of Topliss-reactive ketones (excluding diaryl/α,β-unsaturated/α-hetero) is 1. The molecule has 1 heterocycles. The Morgan fingerprint density at radius 1 is 1.00 bits per heavy atom. The van der Waals surface area contributed by atoms with E-state index in [4.69, 9.17) is 14.6 Å². The first kappa shape index (κ1) is 32.9. The number of aliphatic carboxylic acids is 1. The number of pyridine rings is 1. The van der Waals surface area contributed by atoms with E-state index >= 15 is 0 Å². The van der Waals surface area contributed by atoms with Crippen molar-refractivity contribution in [2.45, 2.75) is 56.9 Å². The SMILES string of the molecule is CC[C@@H](CCCCNC(=O)CCSSc1ccccn1)C(=O)NCCOCCOCC(=O)CCC(=O)O. The zero-order chi connectivity index (χ0) is 27.1. The molecule has 0 saturated heterocycles. The standard InChI is InChI=1S/C25H39N3O7S2/c1-2-20(25(33)28-14-15-34-16-17-35-19-21(29)9-10-24(31)32)7-3-5-12-26-22(30)11-18-36-37-23-8-4-6-13-27-23/h4,6,8,13,20H,2-3,5,7,9-12,14-19H2,1H3,(H,26,30)(H,28,33)(H,31,32)/t20-/m0/s1. The molecular formula is C25H39N3O7S2. The molecule has 1 rings (SSSR count). The van der Waals surface area contributed by atoms with Gasteiger partial charge in [-0.05, 0) is 42.2 Å². The first-order valence-electron chi connectivity index (χ1n) is 12.6. The molecule has 0 spiro atoms. The van der Waals surface area contributed by atoms with Gasteiger partial charge in [-0.3, -0.25) is 19.2 Å². The molecule has 0 aliphatic rings. The van der Waals surface area contributed by atoms with Gasteiger partial charge < -0.3 is 25.2 Å². The van der Waals surface area contributed by atoms with Crippen LogP contribution in [-0.4, -0.2) is 78.9 Å². The van der Waals surface area contributed by atoms with Crippen molar-refractivity contribution in [2.75, 3.05) is 45.3 Å². The van der Waals surface area contributed by atoms with Crippen LogP contribution in [0, 0.1) is 5.92 Å². The van der Waals surface area contributed by atoms with Crippen LogP contribution in [0.4, 0.5) is 0 Å². The maximum Gasteiger partial charge on any atom is 0.303 e. The van der Waals surface area contributed by atoms with Gasteiger partial charge in [0.05, 0.1) is 26.2 Å². The van der Waals surface area contributed by atoms with Crippen molar-refractivity contribution in [1.82, 2.24) is 15.6 Å². The molecule has 0 radical (unpaired) electrons. The van der Waals surface area contributed by atoms with Gasteiger partial charge in [-0.1, -0.05) is 30.2 Å². The maximum atomic E-state index is 12.4.